The molecule has 2 fully saturated rings. The van der Waals surface area contributed by atoms with Gasteiger partial charge in [-0.3, -0.25) is 0 Å². The van der Waals surface area contributed by atoms with Crippen molar-refractivity contribution in [2.24, 2.45) is 11.6 Å². The van der Waals surface area contributed by atoms with E-state index < -0.39 is 0 Å². The van der Waals surface area contributed by atoms with E-state index in [0.717, 1.165) is 37.1 Å². The maximum absolute atomic E-state index is 6.46. The standard InChI is InChI=1S/C22H34N8O2/c1-15-20(31-16-8-4-3-5-9-16)13-12-18(25-15)21(23)19(29(2)24)14-30-27-22(26-28-30)32-17-10-6-7-11-17/h12-13,16-17H,3-11,14,23-24H2,1-2H3/b21-19-. The molecule has 174 valence electrons. The minimum atomic E-state index is 0.173. The molecule has 0 saturated heterocycles. The average Bonchev–Trinajstić information content (AvgIpc) is 3.46. The van der Waals surface area contributed by atoms with Gasteiger partial charge in [0.2, 0.25) is 0 Å². The van der Waals surface area contributed by atoms with E-state index in [2.05, 4.69) is 20.4 Å². The van der Waals surface area contributed by atoms with Crippen molar-refractivity contribution in [2.45, 2.75) is 83.5 Å². The van der Waals surface area contributed by atoms with Crippen molar-refractivity contribution in [3.05, 3.63) is 29.2 Å². The van der Waals surface area contributed by atoms with Crippen LogP contribution in [0.1, 0.15) is 69.2 Å². The predicted molar refractivity (Wildman–Crippen MR) is 120 cm³/mol. The van der Waals surface area contributed by atoms with E-state index in [4.69, 9.17) is 21.1 Å². The summed E-state index contributed by atoms with van der Waals surface area (Å²) in [4.78, 5) is 6.11. The molecule has 10 nitrogen and oxygen atoms in total. The third-order valence-electron chi connectivity index (χ3n) is 6.20. The molecular formula is C22H34N8O2. The summed E-state index contributed by atoms with van der Waals surface area (Å²) in [6.45, 7) is 2.19. The number of rotatable bonds is 8. The number of allylic oxidation sites excluding steroid dienone is 1. The Bertz CT molecular complexity index is 930. The van der Waals surface area contributed by atoms with E-state index in [9.17, 15) is 0 Å². The summed E-state index contributed by atoms with van der Waals surface area (Å²) in [6, 6.07) is 4.09. The lowest BCUT2D eigenvalue weighted by molar-refractivity contribution is 0.153. The molecule has 2 saturated carbocycles. The van der Waals surface area contributed by atoms with Crippen LogP contribution in [0.25, 0.3) is 5.70 Å². The lowest BCUT2D eigenvalue weighted by Crippen LogP contribution is -2.31. The third kappa shape index (κ3) is 5.48. The molecule has 2 aliphatic rings. The van der Waals surface area contributed by atoms with Gasteiger partial charge in [0.15, 0.2) is 0 Å². The topological polar surface area (TPSA) is 130 Å². The van der Waals surface area contributed by atoms with Crippen LogP contribution in [0.5, 0.6) is 11.8 Å². The first-order valence-electron chi connectivity index (χ1n) is 11.6. The second-order valence-corrected chi connectivity index (χ2v) is 8.76. The van der Waals surface area contributed by atoms with Crippen LogP contribution in [0.15, 0.2) is 17.8 Å². The maximum Gasteiger partial charge on any atom is 0.356 e. The zero-order valence-electron chi connectivity index (χ0n) is 19.0. The second kappa shape index (κ2) is 10.2. The van der Waals surface area contributed by atoms with Crippen LogP contribution in [-0.2, 0) is 6.54 Å². The van der Waals surface area contributed by atoms with Gasteiger partial charge in [0.1, 0.15) is 18.4 Å². The minimum absolute atomic E-state index is 0.173. The van der Waals surface area contributed by atoms with Crippen LogP contribution in [0, 0.1) is 6.92 Å². The first-order valence-corrected chi connectivity index (χ1v) is 11.6. The second-order valence-electron chi connectivity index (χ2n) is 8.76. The smallest absolute Gasteiger partial charge is 0.356 e. The van der Waals surface area contributed by atoms with Gasteiger partial charge >= 0.3 is 6.01 Å². The molecule has 2 aliphatic carbocycles. The molecule has 10 heteroatoms. The lowest BCUT2D eigenvalue weighted by Gasteiger charge is -2.24. The van der Waals surface area contributed by atoms with E-state index in [-0.39, 0.29) is 24.8 Å². The Morgan fingerprint density at radius 2 is 1.72 bits per heavy atom. The Morgan fingerprint density at radius 1 is 1.06 bits per heavy atom. The number of nitrogens with two attached hydrogens (primary N) is 2. The van der Waals surface area contributed by atoms with Gasteiger partial charge in [0.05, 0.1) is 28.9 Å². The van der Waals surface area contributed by atoms with E-state index in [1.54, 1.807) is 7.05 Å². The van der Waals surface area contributed by atoms with Crippen molar-refractivity contribution in [1.29, 1.82) is 0 Å². The molecule has 0 atom stereocenters. The Hall–Kier alpha value is -2.88. The average molecular weight is 443 g/mol. The number of nitrogens with zero attached hydrogens (tertiary/aromatic N) is 6. The summed E-state index contributed by atoms with van der Waals surface area (Å²) >= 11 is 0. The Morgan fingerprint density at radius 3 is 2.38 bits per heavy atom. The van der Waals surface area contributed by atoms with Crippen molar-refractivity contribution in [1.82, 2.24) is 30.2 Å². The van der Waals surface area contributed by atoms with Crippen molar-refractivity contribution in [3.63, 3.8) is 0 Å². The zero-order valence-corrected chi connectivity index (χ0v) is 19.0. The van der Waals surface area contributed by atoms with Crippen LogP contribution >= 0.6 is 0 Å². The quantitative estimate of drug-likeness (QED) is 0.468. The molecule has 0 radical (unpaired) electrons. The highest BCUT2D eigenvalue weighted by Crippen LogP contribution is 2.26. The first-order chi connectivity index (χ1) is 15.5. The minimum Gasteiger partial charge on any atom is -0.489 e. The molecule has 0 amide bonds. The Labute approximate surface area is 188 Å². The predicted octanol–water partition coefficient (Wildman–Crippen LogP) is 2.54. The number of hydrogen-bond acceptors (Lipinski definition) is 9. The highest BCUT2D eigenvalue weighted by atomic mass is 16.5. The van der Waals surface area contributed by atoms with Gasteiger partial charge in [-0.2, -0.15) is 4.80 Å². The van der Waals surface area contributed by atoms with Gasteiger partial charge < -0.3 is 20.2 Å². The summed E-state index contributed by atoms with van der Waals surface area (Å²) < 4.78 is 12.0. The number of likely N-dealkylation sites (N-methyl/N-ethyl adjacent to an activating group) is 1. The van der Waals surface area contributed by atoms with Crippen LogP contribution in [0.4, 0.5) is 0 Å². The third-order valence-corrected chi connectivity index (χ3v) is 6.20. The zero-order chi connectivity index (χ0) is 22.5. The van der Waals surface area contributed by atoms with E-state index >= 15 is 0 Å². The Balaban J connectivity index is 1.47. The van der Waals surface area contributed by atoms with Gasteiger partial charge in [0.25, 0.3) is 0 Å². The number of hydrogen-bond donors (Lipinski definition) is 2. The maximum atomic E-state index is 6.46. The Kier molecular flexibility index (Phi) is 7.09. The van der Waals surface area contributed by atoms with Crippen LogP contribution in [0.2, 0.25) is 0 Å². The number of aryl methyl sites for hydroxylation is 1. The summed E-state index contributed by atoms with van der Waals surface area (Å²) in [5, 5.41) is 13.9. The van der Waals surface area contributed by atoms with Gasteiger partial charge in [-0.25, -0.2) is 10.8 Å². The number of ether oxygens (including phenoxy) is 2. The van der Waals surface area contributed by atoms with Crippen LogP contribution in [-0.4, -0.2) is 49.5 Å². The number of hydrazine groups is 1. The number of pyridine rings is 1. The van der Waals surface area contributed by atoms with Gasteiger partial charge in [-0.15, -0.1) is 0 Å². The fraction of sp³-hybridized carbons (Fsp3) is 0.636. The van der Waals surface area contributed by atoms with Gasteiger partial charge in [-0.1, -0.05) is 16.6 Å². The van der Waals surface area contributed by atoms with E-state index in [1.807, 2.05) is 19.1 Å². The SMILES string of the molecule is Cc1nc(/C(N)=C(\Cn2nnc(OC3CCCC3)n2)N(C)N)ccc1OC1CCCCC1. The van der Waals surface area contributed by atoms with E-state index in [1.165, 1.54) is 41.9 Å². The molecular weight excluding hydrogens is 408 g/mol. The molecule has 2 aromatic rings. The molecule has 2 heterocycles. The van der Waals surface area contributed by atoms with Crippen molar-refractivity contribution >= 4 is 5.70 Å². The summed E-state index contributed by atoms with van der Waals surface area (Å²) in [7, 11) is 1.72. The summed E-state index contributed by atoms with van der Waals surface area (Å²) in [5.74, 6) is 6.88. The van der Waals surface area contributed by atoms with Gasteiger partial charge in [-0.05, 0) is 75.6 Å². The summed E-state index contributed by atoms with van der Waals surface area (Å²) in [6.07, 6.45) is 10.8. The molecule has 4 N–H and O–H groups in total. The molecule has 0 aliphatic heterocycles. The molecule has 0 spiro atoms. The number of aromatic nitrogens is 5. The first kappa shape index (κ1) is 22.3. The molecule has 0 bridgehead atoms. The number of tetrazole rings is 1. The molecule has 32 heavy (non-hydrogen) atoms. The molecule has 0 aromatic carbocycles. The fourth-order valence-corrected chi connectivity index (χ4v) is 4.35. The van der Waals surface area contributed by atoms with Crippen molar-refractivity contribution in [2.75, 3.05) is 7.05 Å². The fourth-order valence-electron chi connectivity index (χ4n) is 4.35. The molecule has 2 aromatic heterocycles. The van der Waals surface area contributed by atoms with Crippen LogP contribution < -0.4 is 21.1 Å². The monoisotopic (exact) mass is 442 g/mol. The highest BCUT2D eigenvalue weighted by Gasteiger charge is 2.20. The largest absolute Gasteiger partial charge is 0.489 e. The lowest BCUT2D eigenvalue weighted by atomic mass is 9.98. The van der Waals surface area contributed by atoms with E-state index in [0.29, 0.717) is 17.1 Å². The van der Waals surface area contributed by atoms with Gasteiger partial charge in [0, 0.05) is 7.05 Å². The molecule has 4 rings (SSSR count). The molecule has 0 unspecified atom stereocenters. The van der Waals surface area contributed by atoms with Crippen LogP contribution in [0.3, 0.4) is 0 Å². The van der Waals surface area contributed by atoms with Crippen molar-refractivity contribution < 1.29 is 9.47 Å². The van der Waals surface area contributed by atoms with Crippen molar-refractivity contribution in [3.8, 4) is 11.8 Å². The summed E-state index contributed by atoms with van der Waals surface area (Å²) in [5.41, 5.74) is 8.99. The normalized spacial score (nSPS) is 18.5. The highest BCUT2D eigenvalue weighted by molar-refractivity contribution is 5.63.